The van der Waals surface area contributed by atoms with Crippen LogP contribution >= 0.6 is 0 Å². The Hall–Kier alpha value is -1.69. The maximum atomic E-state index is 11.9. The molecule has 0 fully saturated rings. The zero-order chi connectivity index (χ0) is 14.0. The van der Waals surface area contributed by atoms with Crippen LogP contribution < -0.4 is 16.2 Å². The molecule has 2 rings (SSSR count). The van der Waals surface area contributed by atoms with Crippen LogP contribution in [0.1, 0.15) is 32.0 Å². The number of amides is 1. The molecule has 0 atom stereocenters. The molecule has 19 heavy (non-hydrogen) atoms. The van der Waals surface area contributed by atoms with Gasteiger partial charge >= 0.3 is 0 Å². The van der Waals surface area contributed by atoms with E-state index in [2.05, 4.69) is 15.7 Å². The van der Waals surface area contributed by atoms with E-state index in [0.29, 0.717) is 6.54 Å². The lowest BCUT2D eigenvalue weighted by Gasteiger charge is -2.21. The standard InChI is InChI=1S/C13H20N4O2/c1-13(2,3)15-11(18)8-17-12(19)6-9-7-14-5-4-10(9)16-17/h6,14H,4-5,7-8H2,1-3H3,(H,15,18). The summed E-state index contributed by atoms with van der Waals surface area (Å²) in [6.07, 6.45) is 0.788. The summed E-state index contributed by atoms with van der Waals surface area (Å²) in [6, 6.07) is 1.57. The predicted octanol–water partition coefficient (Wildman–Crippen LogP) is -0.196. The summed E-state index contributed by atoms with van der Waals surface area (Å²) in [7, 11) is 0. The number of hydrogen-bond acceptors (Lipinski definition) is 4. The van der Waals surface area contributed by atoms with E-state index in [9.17, 15) is 9.59 Å². The van der Waals surface area contributed by atoms with Crippen LogP contribution in [0.5, 0.6) is 0 Å². The van der Waals surface area contributed by atoms with E-state index in [-0.39, 0.29) is 23.6 Å². The number of nitrogens with zero attached hydrogens (tertiary/aromatic N) is 2. The molecule has 0 aliphatic carbocycles. The fraction of sp³-hybridized carbons (Fsp3) is 0.615. The molecule has 0 bridgehead atoms. The van der Waals surface area contributed by atoms with Gasteiger partial charge in [-0.05, 0) is 26.3 Å². The normalized spacial score (nSPS) is 14.9. The van der Waals surface area contributed by atoms with Crippen LogP contribution in [0.2, 0.25) is 0 Å². The minimum absolute atomic E-state index is 0.0309. The van der Waals surface area contributed by atoms with E-state index < -0.39 is 0 Å². The van der Waals surface area contributed by atoms with Gasteiger partial charge in [-0.3, -0.25) is 9.59 Å². The lowest BCUT2D eigenvalue weighted by atomic mass is 10.1. The molecule has 1 amide bonds. The van der Waals surface area contributed by atoms with Crippen molar-refractivity contribution in [1.29, 1.82) is 0 Å². The summed E-state index contributed by atoms with van der Waals surface area (Å²) in [5, 5.41) is 10.3. The summed E-state index contributed by atoms with van der Waals surface area (Å²) in [4.78, 5) is 23.7. The topological polar surface area (TPSA) is 76.0 Å². The van der Waals surface area contributed by atoms with Crippen molar-refractivity contribution in [2.24, 2.45) is 0 Å². The number of fused-ring (bicyclic) bond motifs is 1. The van der Waals surface area contributed by atoms with Crippen LogP contribution in [0, 0.1) is 0 Å². The van der Waals surface area contributed by atoms with Crippen molar-refractivity contribution in [3.8, 4) is 0 Å². The zero-order valence-electron chi connectivity index (χ0n) is 11.6. The van der Waals surface area contributed by atoms with Gasteiger partial charge in [0.15, 0.2) is 0 Å². The first kappa shape index (κ1) is 13.7. The van der Waals surface area contributed by atoms with Gasteiger partial charge in [0, 0.05) is 31.1 Å². The highest BCUT2D eigenvalue weighted by atomic mass is 16.2. The van der Waals surface area contributed by atoms with Gasteiger partial charge in [-0.2, -0.15) is 5.10 Å². The Bertz CT molecular complexity index is 543. The zero-order valence-corrected chi connectivity index (χ0v) is 11.6. The third-order valence-corrected chi connectivity index (χ3v) is 2.83. The second-order valence-electron chi connectivity index (χ2n) is 5.84. The van der Waals surface area contributed by atoms with Gasteiger partial charge in [-0.25, -0.2) is 4.68 Å². The Morgan fingerprint density at radius 1 is 1.53 bits per heavy atom. The number of nitrogens with one attached hydrogen (secondary N) is 2. The minimum Gasteiger partial charge on any atom is -0.350 e. The summed E-state index contributed by atoms with van der Waals surface area (Å²) in [5.74, 6) is -0.198. The second-order valence-corrected chi connectivity index (χ2v) is 5.84. The lowest BCUT2D eigenvalue weighted by molar-refractivity contribution is -0.123. The number of aromatic nitrogens is 2. The first-order chi connectivity index (χ1) is 8.85. The number of hydrogen-bond donors (Lipinski definition) is 2. The van der Waals surface area contributed by atoms with Crippen molar-refractivity contribution in [2.75, 3.05) is 6.54 Å². The molecule has 0 saturated heterocycles. The van der Waals surface area contributed by atoms with Gasteiger partial charge < -0.3 is 10.6 Å². The molecule has 0 saturated carbocycles. The molecule has 1 aliphatic heterocycles. The fourth-order valence-corrected chi connectivity index (χ4v) is 2.07. The molecule has 0 spiro atoms. The monoisotopic (exact) mass is 264 g/mol. The van der Waals surface area contributed by atoms with E-state index in [1.54, 1.807) is 6.07 Å². The van der Waals surface area contributed by atoms with Crippen LogP contribution in [0.3, 0.4) is 0 Å². The quantitative estimate of drug-likeness (QED) is 0.776. The summed E-state index contributed by atoms with van der Waals surface area (Å²) in [5.41, 5.74) is 1.30. The van der Waals surface area contributed by atoms with Crippen LogP contribution in [-0.2, 0) is 24.3 Å². The lowest BCUT2D eigenvalue weighted by Crippen LogP contribution is -2.44. The molecule has 1 aliphatic rings. The van der Waals surface area contributed by atoms with Crippen molar-refractivity contribution in [3.63, 3.8) is 0 Å². The van der Waals surface area contributed by atoms with Gasteiger partial charge in [-0.1, -0.05) is 0 Å². The van der Waals surface area contributed by atoms with E-state index in [1.807, 2.05) is 20.8 Å². The third-order valence-electron chi connectivity index (χ3n) is 2.83. The highest BCUT2D eigenvalue weighted by Crippen LogP contribution is 2.07. The van der Waals surface area contributed by atoms with E-state index in [4.69, 9.17) is 0 Å². The Morgan fingerprint density at radius 3 is 2.95 bits per heavy atom. The average Bonchev–Trinajstić information content (AvgIpc) is 2.27. The molecule has 104 valence electrons. The SMILES string of the molecule is CC(C)(C)NC(=O)Cn1nc2c(cc1=O)CNCC2. The van der Waals surface area contributed by atoms with Crippen molar-refractivity contribution < 1.29 is 4.79 Å². The maximum Gasteiger partial charge on any atom is 0.267 e. The Morgan fingerprint density at radius 2 is 2.26 bits per heavy atom. The summed E-state index contributed by atoms with van der Waals surface area (Å²) < 4.78 is 1.24. The first-order valence-electron chi connectivity index (χ1n) is 6.47. The first-order valence-corrected chi connectivity index (χ1v) is 6.47. The van der Waals surface area contributed by atoms with Gasteiger partial charge in [-0.15, -0.1) is 0 Å². The molecule has 6 nitrogen and oxygen atoms in total. The number of rotatable bonds is 2. The largest absolute Gasteiger partial charge is 0.350 e. The molecule has 0 radical (unpaired) electrons. The summed E-state index contributed by atoms with van der Waals surface area (Å²) >= 11 is 0. The Kier molecular flexibility index (Phi) is 3.71. The Balaban J connectivity index is 2.17. The Labute approximate surface area is 112 Å². The van der Waals surface area contributed by atoms with Crippen molar-refractivity contribution in [3.05, 3.63) is 27.7 Å². The highest BCUT2D eigenvalue weighted by Gasteiger charge is 2.17. The fourth-order valence-electron chi connectivity index (χ4n) is 2.07. The van der Waals surface area contributed by atoms with Gasteiger partial charge in [0.1, 0.15) is 6.54 Å². The van der Waals surface area contributed by atoms with E-state index in [1.165, 1.54) is 4.68 Å². The molecule has 2 N–H and O–H groups in total. The van der Waals surface area contributed by atoms with E-state index in [0.717, 1.165) is 24.2 Å². The van der Waals surface area contributed by atoms with E-state index >= 15 is 0 Å². The molecule has 1 aromatic heterocycles. The highest BCUT2D eigenvalue weighted by molar-refractivity contribution is 5.76. The molecule has 0 unspecified atom stereocenters. The van der Waals surface area contributed by atoms with Gasteiger partial charge in [0.25, 0.3) is 5.56 Å². The third kappa shape index (κ3) is 3.64. The molecular formula is C13H20N4O2. The van der Waals surface area contributed by atoms with Crippen molar-refractivity contribution in [1.82, 2.24) is 20.4 Å². The van der Waals surface area contributed by atoms with Crippen molar-refractivity contribution >= 4 is 5.91 Å². The average molecular weight is 264 g/mol. The van der Waals surface area contributed by atoms with Gasteiger partial charge in [0.05, 0.1) is 5.69 Å². The molecule has 0 aromatic carbocycles. The second kappa shape index (κ2) is 5.13. The molecule has 1 aromatic rings. The van der Waals surface area contributed by atoms with Crippen molar-refractivity contribution in [2.45, 2.75) is 45.8 Å². The van der Waals surface area contributed by atoms with Crippen LogP contribution in [-0.4, -0.2) is 27.8 Å². The molecule has 2 heterocycles. The smallest absolute Gasteiger partial charge is 0.267 e. The number of carbonyl (C=O) groups is 1. The molecule has 6 heteroatoms. The summed E-state index contributed by atoms with van der Waals surface area (Å²) in [6.45, 7) is 7.20. The minimum atomic E-state index is -0.307. The van der Waals surface area contributed by atoms with Gasteiger partial charge in [0.2, 0.25) is 5.91 Å². The maximum absolute atomic E-state index is 11.9. The van der Waals surface area contributed by atoms with Crippen LogP contribution in [0.15, 0.2) is 10.9 Å². The predicted molar refractivity (Wildman–Crippen MR) is 71.8 cm³/mol. The molecular weight excluding hydrogens is 244 g/mol. The van der Waals surface area contributed by atoms with Crippen LogP contribution in [0.4, 0.5) is 0 Å². The number of carbonyl (C=O) groups excluding carboxylic acids is 1. The van der Waals surface area contributed by atoms with Crippen LogP contribution in [0.25, 0.3) is 0 Å².